The summed E-state index contributed by atoms with van der Waals surface area (Å²) in [6, 6.07) is 12.4. The van der Waals surface area contributed by atoms with Crippen molar-refractivity contribution in [2.45, 2.75) is 46.6 Å². The van der Waals surface area contributed by atoms with E-state index in [0.717, 1.165) is 48.3 Å². The maximum absolute atomic E-state index is 13.7. The van der Waals surface area contributed by atoms with Gasteiger partial charge >= 0.3 is 0 Å². The lowest BCUT2D eigenvalue weighted by Crippen LogP contribution is -2.43. The third-order valence-corrected chi connectivity index (χ3v) is 7.93. The number of aromatic nitrogens is 1. The van der Waals surface area contributed by atoms with E-state index in [-0.39, 0.29) is 23.8 Å². The monoisotopic (exact) mass is 469 g/mol. The van der Waals surface area contributed by atoms with Crippen LogP contribution in [0.15, 0.2) is 48.7 Å². The molecule has 0 fully saturated rings. The summed E-state index contributed by atoms with van der Waals surface area (Å²) in [7, 11) is 2.17. The number of amides is 1. The van der Waals surface area contributed by atoms with Crippen molar-refractivity contribution in [3.8, 4) is 0 Å². The van der Waals surface area contributed by atoms with Gasteiger partial charge in [0.25, 0.3) is 5.91 Å². The van der Waals surface area contributed by atoms with E-state index in [0.29, 0.717) is 6.42 Å². The van der Waals surface area contributed by atoms with E-state index in [1.54, 1.807) is 0 Å². The molecule has 1 aromatic heterocycles. The number of rotatable bonds is 5. The van der Waals surface area contributed by atoms with Gasteiger partial charge in [-0.25, -0.2) is 0 Å². The number of hydrogen-bond acceptors (Lipinski definition) is 3. The van der Waals surface area contributed by atoms with Crippen molar-refractivity contribution in [3.05, 3.63) is 76.5 Å². The van der Waals surface area contributed by atoms with Crippen molar-refractivity contribution in [3.63, 3.8) is 0 Å². The maximum atomic E-state index is 13.7. The number of carbonyl (C=O) groups excluding carboxylic acids is 2. The molecule has 182 valence electrons. The van der Waals surface area contributed by atoms with Crippen molar-refractivity contribution in [2.75, 3.05) is 26.7 Å². The summed E-state index contributed by atoms with van der Waals surface area (Å²) in [5, 5.41) is 1.19. The minimum absolute atomic E-state index is 0.0227. The van der Waals surface area contributed by atoms with E-state index in [1.165, 1.54) is 22.1 Å². The van der Waals surface area contributed by atoms with Crippen LogP contribution in [0.5, 0.6) is 0 Å². The fourth-order valence-corrected chi connectivity index (χ4v) is 6.06. The van der Waals surface area contributed by atoms with Gasteiger partial charge in [0, 0.05) is 49.2 Å². The number of benzene rings is 2. The first-order chi connectivity index (χ1) is 16.8. The standard InChI is InChI=1S/C30H35N3O2/c1-6-32(7-2)27(34)15-21-14-25-24-13-12-20(4)29-28(24)22(16-26(25)31(5)17-21)18-33(29)30(35)23-11-9-8-10-19(23)3/h8-14,18,21,26H,6-7,15-17H2,1-5H3/t21?,26-/m1/s1. The fourth-order valence-electron chi connectivity index (χ4n) is 6.06. The summed E-state index contributed by atoms with van der Waals surface area (Å²) in [5.74, 6) is 0.437. The second kappa shape index (κ2) is 9.12. The Morgan fingerprint density at radius 1 is 1.03 bits per heavy atom. The van der Waals surface area contributed by atoms with Gasteiger partial charge in [0.15, 0.2) is 0 Å². The molecule has 2 atom stereocenters. The highest BCUT2D eigenvalue weighted by atomic mass is 16.2. The summed E-state index contributed by atoms with van der Waals surface area (Å²) in [6.45, 7) is 10.5. The van der Waals surface area contributed by atoms with E-state index in [2.05, 4.69) is 43.3 Å². The first-order valence-electron chi connectivity index (χ1n) is 12.8. The van der Waals surface area contributed by atoms with Gasteiger partial charge in [-0.3, -0.25) is 19.1 Å². The molecular weight excluding hydrogens is 434 g/mol. The Bertz CT molecular complexity index is 1350. The topological polar surface area (TPSA) is 45.6 Å². The summed E-state index contributed by atoms with van der Waals surface area (Å²) in [4.78, 5) is 30.8. The SMILES string of the molecule is CCN(CC)C(=O)CC1C=C2c3ccc(C)c4c3c(cn4C(=O)c3ccccc3C)C[C@H]2N(C)C1. The van der Waals surface area contributed by atoms with Gasteiger partial charge in [0.2, 0.25) is 5.91 Å². The highest BCUT2D eigenvalue weighted by Gasteiger charge is 2.36. The van der Waals surface area contributed by atoms with E-state index in [4.69, 9.17) is 0 Å². The minimum Gasteiger partial charge on any atom is -0.343 e. The largest absolute Gasteiger partial charge is 0.343 e. The van der Waals surface area contributed by atoms with E-state index in [9.17, 15) is 9.59 Å². The van der Waals surface area contributed by atoms with Gasteiger partial charge in [0.1, 0.15) is 0 Å². The third kappa shape index (κ3) is 3.92. The molecule has 2 heterocycles. The lowest BCUT2D eigenvalue weighted by Gasteiger charge is -2.40. The van der Waals surface area contributed by atoms with Gasteiger partial charge in [-0.05, 0) is 81.0 Å². The molecule has 1 aliphatic heterocycles. The predicted molar refractivity (Wildman–Crippen MR) is 142 cm³/mol. The molecule has 0 saturated carbocycles. The van der Waals surface area contributed by atoms with Crippen LogP contribution in [0.4, 0.5) is 0 Å². The average molecular weight is 470 g/mol. The number of likely N-dealkylation sites (N-methyl/N-ethyl adjacent to an activating group) is 1. The summed E-state index contributed by atoms with van der Waals surface area (Å²) >= 11 is 0. The first-order valence-corrected chi connectivity index (χ1v) is 12.8. The number of aryl methyl sites for hydroxylation is 2. The Hall–Kier alpha value is -3.18. The summed E-state index contributed by atoms with van der Waals surface area (Å²) < 4.78 is 1.87. The lowest BCUT2D eigenvalue weighted by molar-refractivity contribution is -0.131. The predicted octanol–water partition coefficient (Wildman–Crippen LogP) is 5.07. The molecule has 2 aliphatic rings. The highest BCUT2D eigenvalue weighted by Crippen LogP contribution is 2.43. The molecule has 1 unspecified atom stereocenters. The fraction of sp³-hybridized carbons (Fsp3) is 0.400. The molecule has 2 aromatic carbocycles. The maximum Gasteiger partial charge on any atom is 0.262 e. The Balaban J connectivity index is 1.59. The van der Waals surface area contributed by atoms with Crippen LogP contribution in [0.2, 0.25) is 0 Å². The molecule has 35 heavy (non-hydrogen) atoms. The molecule has 5 nitrogen and oxygen atoms in total. The second-order valence-electron chi connectivity index (χ2n) is 10.1. The third-order valence-electron chi connectivity index (χ3n) is 7.93. The van der Waals surface area contributed by atoms with E-state index >= 15 is 0 Å². The van der Waals surface area contributed by atoms with Crippen LogP contribution in [-0.4, -0.2) is 58.9 Å². The summed E-state index contributed by atoms with van der Waals surface area (Å²) in [6.07, 6.45) is 5.83. The molecule has 0 spiro atoms. The number of carbonyl (C=O) groups is 2. The number of nitrogens with zero attached hydrogens (tertiary/aromatic N) is 3. The van der Waals surface area contributed by atoms with Crippen LogP contribution in [0.1, 0.15) is 52.9 Å². The van der Waals surface area contributed by atoms with Crippen LogP contribution in [0, 0.1) is 19.8 Å². The van der Waals surface area contributed by atoms with Gasteiger partial charge in [-0.15, -0.1) is 0 Å². The van der Waals surface area contributed by atoms with Crippen molar-refractivity contribution < 1.29 is 9.59 Å². The van der Waals surface area contributed by atoms with Crippen molar-refractivity contribution in [2.24, 2.45) is 5.92 Å². The Kier molecular flexibility index (Phi) is 6.14. The molecule has 0 N–H and O–H groups in total. The molecule has 5 heteroatoms. The number of hydrogen-bond donors (Lipinski definition) is 0. The molecule has 5 rings (SSSR count). The minimum atomic E-state index is 0.0227. The first kappa shape index (κ1) is 23.6. The Morgan fingerprint density at radius 2 is 1.77 bits per heavy atom. The zero-order chi connectivity index (χ0) is 24.9. The lowest BCUT2D eigenvalue weighted by atomic mass is 9.79. The molecule has 1 amide bonds. The van der Waals surface area contributed by atoms with Gasteiger partial charge in [-0.1, -0.05) is 36.4 Å². The Morgan fingerprint density at radius 3 is 2.49 bits per heavy atom. The average Bonchev–Trinajstić information content (AvgIpc) is 3.23. The highest BCUT2D eigenvalue weighted by molar-refractivity contribution is 6.08. The summed E-state index contributed by atoms with van der Waals surface area (Å²) in [5.41, 5.74) is 7.58. The van der Waals surface area contributed by atoms with Crippen LogP contribution in [0.3, 0.4) is 0 Å². The molecular formula is C30H35N3O2. The van der Waals surface area contributed by atoms with Crippen LogP contribution in [-0.2, 0) is 11.2 Å². The van der Waals surface area contributed by atoms with E-state index in [1.807, 2.05) is 54.5 Å². The normalized spacial score (nSPS) is 19.4. The van der Waals surface area contributed by atoms with E-state index < -0.39 is 0 Å². The van der Waals surface area contributed by atoms with Gasteiger partial charge in [-0.2, -0.15) is 0 Å². The van der Waals surface area contributed by atoms with Crippen LogP contribution >= 0.6 is 0 Å². The zero-order valence-electron chi connectivity index (χ0n) is 21.5. The number of fused-ring (bicyclic) bond motifs is 2. The van der Waals surface area contributed by atoms with Gasteiger partial charge < -0.3 is 4.90 Å². The van der Waals surface area contributed by atoms with Crippen LogP contribution < -0.4 is 0 Å². The quantitative estimate of drug-likeness (QED) is 0.524. The van der Waals surface area contributed by atoms with Crippen molar-refractivity contribution >= 4 is 28.3 Å². The second-order valence-corrected chi connectivity index (χ2v) is 10.1. The smallest absolute Gasteiger partial charge is 0.262 e. The van der Waals surface area contributed by atoms with Crippen LogP contribution in [0.25, 0.3) is 16.5 Å². The molecule has 0 radical (unpaired) electrons. The van der Waals surface area contributed by atoms with Gasteiger partial charge in [0.05, 0.1) is 5.52 Å². The van der Waals surface area contributed by atoms with Crippen molar-refractivity contribution in [1.82, 2.24) is 14.4 Å². The Labute approximate surface area is 208 Å². The molecule has 0 bridgehead atoms. The molecule has 0 saturated heterocycles. The molecule has 1 aliphatic carbocycles. The zero-order valence-corrected chi connectivity index (χ0v) is 21.5. The molecule has 3 aromatic rings. The van der Waals surface area contributed by atoms with Crippen molar-refractivity contribution in [1.29, 1.82) is 0 Å².